The first-order chi connectivity index (χ1) is 11.7. The summed E-state index contributed by atoms with van der Waals surface area (Å²) in [6.45, 7) is 2.79. The number of hydrogen-bond donors (Lipinski definition) is 2. The van der Waals surface area contributed by atoms with E-state index in [0.717, 1.165) is 4.90 Å². The van der Waals surface area contributed by atoms with E-state index in [1.165, 1.54) is 17.8 Å². The highest BCUT2D eigenvalue weighted by molar-refractivity contribution is 7.98. The molecule has 0 saturated carbocycles. The number of nitrogens with one attached hydrogen (secondary N) is 1. The van der Waals surface area contributed by atoms with Crippen molar-refractivity contribution in [2.24, 2.45) is 0 Å². The van der Waals surface area contributed by atoms with E-state index in [2.05, 4.69) is 4.72 Å². The zero-order valence-electron chi connectivity index (χ0n) is 14.1. The van der Waals surface area contributed by atoms with Gasteiger partial charge in [0.2, 0.25) is 0 Å². The van der Waals surface area contributed by atoms with E-state index in [-0.39, 0.29) is 10.6 Å². The Morgan fingerprint density at radius 3 is 2.60 bits per heavy atom. The van der Waals surface area contributed by atoms with Crippen LogP contribution in [-0.2, 0) is 14.8 Å². The Hall–Kier alpha value is -2.19. The Morgan fingerprint density at radius 2 is 1.96 bits per heavy atom. The lowest BCUT2D eigenvalue weighted by Crippen LogP contribution is -2.16. The summed E-state index contributed by atoms with van der Waals surface area (Å²) in [6, 6.07) is 10.1. The van der Waals surface area contributed by atoms with Gasteiger partial charge in [-0.3, -0.25) is 4.72 Å². The van der Waals surface area contributed by atoms with E-state index in [1.807, 2.05) is 12.3 Å². The first-order valence-electron chi connectivity index (χ1n) is 7.36. The predicted octanol–water partition coefficient (Wildman–Crippen LogP) is 3.29. The quantitative estimate of drug-likeness (QED) is 0.715. The van der Waals surface area contributed by atoms with Crippen LogP contribution in [0.1, 0.15) is 11.1 Å². The fourth-order valence-corrected chi connectivity index (χ4v) is 4.10. The van der Waals surface area contributed by atoms with Crippen LogP contribution in [0.25, 0.3) is 0 Å². The fraction of sp³-hybridized carbons (Fsp3) is 0.235. The maximum atomic E-state index is 12.7. The summed E-state index contributed by atoms with van der Waals surface area (Å²) < 4.78 is 33.3. The zero-order valence-corrected chi connectivity index (χ0v) is 15.7. The van der Waals surface area contributed by atoms with Gasteiger partial charge in [-0.1, -0.05) is 12.1 Å². The molecule has 8 heteroatoms. The number of ether oxygens (including phenoxy) is 1. The van der Waals surface area contributed by atoms with Crippen molar-refractivity contribution in [1.29, 1.82) is 0 Å². The molecule has 2 N–H and O–H groups in total. The summed E-state index contributed by atoms with van der Waals surface area (Å²) in [5.74, 6) is -0.859. The molecule has 0 unspecified atom stereocenters. The van der Waals surface area contributed by atoms with Gasteiger partial charge in [0.1, 0.15) is 5.75 Å². The van der Waals surface area contributed by atoms with Crippen molar-refractivity contribution < 1.29 is 23.1 Å². The van der Waals surface area contributed by atoms with E-state index in [0.29, 0.717) is 16.8 Å². The highest BCUT2D eigenvalue weighted by Crippen LogP contribution is 2.30. The maximum Gasteiger partial charge on any atom is 0.341 e. The molecule has 0 saturated heterocycles. The third-order valence-electron chi connectivity index (χ3n) is 3.50. The molecule has 25 heavy (non-hydrogen) atoms. The monoisotopic (exact) mass is 381 g/mol. The number of aryl methyl sites for hydroxylation is 1. The van der Waals surface area contributed by atoms with Crippen LogP contribution in [0.15, 0.2) is 46.2 Å². The molecule has 2 rings (SSSR count). The summed E-state index contributed by atoms with van der Waals surface area (Å²) in [5, 5.41) is 8.77. The van der Waals surface area contributed by atoms with Crippen LogP contribution in [0.4, 0.5) is 5.69 Å². The standard InChI is InChI=1S/C17H19NO5S2/c1-11-7-8-15(12(2)17(11)23-10-16(19)20)25(21,22)18-13-5-4-6-14(9-13)24-3/h4-9,18H,10H2,1-3H3,(H,19,20). The summed E-state index contributed by atoms with van der Waals surface area (Å²) in [6.07, 6.45) is 1.91. The first kappa shape index (κ1) is 19.1. The Balaban J connectivity index is 2.38. The van der Waals surface area contributed by atoms with Gasteiger partial charge in [0.25, 0.3) is 10.0 Å². The minimum atomic E-state index is -3.83. The molecule has 0 fully saturated rings. The Bertz CT molecular complexity index is 894. The Kier molecular flexibility index (Phi) is 5.97. The minimum absolute atomic E-state index is 0.0491. The number of carboxylic acid groups (broad SMARTS) is 1. The number of hydrogen-bond acceptors (Lipinski definition) is 5. The summed E-state index contributed by atoms with van der Waals surface area (Å²) in [7, 11) is -3.83. The second kappa shape index (κ2) is 7.79. The van der Waals surface area contributed by atoms with Crippen molar-refractivity contribution in [3.8, 4) is 5.75 Å². The lowest BCUT2D eigenvalue weighted by molar-refractivity contribution is -0.139. The molecule has 0 bridgehead atoms. The minimum Gasteiger partial charge on any atom is -0.481 e. The molecule has 6 nitrogen and oxygen atoms in total. The molecule has 134 valence electrons. The summed E-state index contributed by atoms with van der Waals surface area (Å²) in [4.78, 5) is 11.7. The molecule has 0 aliphatic heterocycles. The maximum absolute atomic E-state index is 12.7. The van der Waals surface area contributed by atoms with Gasteiger partial charge < -0.3 is 9.84 Å². The number of sulfonamides is 1. The summed E-state index contributed by atoms with van der Waals surface area (Å²) in [5.41, 5.74) is 1.50. The average molecular weight is 381 g/mol. The number of benzene rings is 2. The van der Waals surface area contributed by atoms with Crippen molar-refractivity contribution >= 4 is 33.4 Å². The van der Waals surface area contributed by atoms with Gasteiger partial charge in [-0.2, -0.15) is 0 Å². The molecule has 0 atom stereocenters. The van der Waals surface area contributed by atoms with Crippen LogP contribution >= 0.6 is 11.8 Å². The van der Waals surface area contributed by atoms with Crippen LogP contribution in [0.5, 0.6) is 5.75 Å². The van der Waals surface area contributed by atoms with Gasteiger partial charge in [-0.05, 0) is 49.9 Å². The Labute approximate surface area is 151 Å². The molecule has 0 radical (unpaired) electrons. The first-order valence-corrected chi connectivity index (χ1v) is 10.1. The van der Waals surface area contributed by atoms with Crippen LogP contribution < -0.4 is 9.46 Å². The van der Waals surface area contributed by atoms with Gasteiger partial charge in [0, 0.05) is 16.1 Å². The molecule has 0 amide bonds. The Morgan fingerprint density at radius 1 is 1.24 bits per heavy atom. The smallest absolute Gasteiger partial charge is 0.341 e. The molecule has 0 aliphatic rings. The number of carbonyl (C=O) groups is 1. The molecule has 0 heterocycles. The van der Waals surface area contributed by atoms with Gasteiger partial charge in [0.05, 0.1) is 4.90 Å². The van der Waals surface area contributed by atoms with Gasteiger partial charge >= 0.3 is 5.97 Å². The van der Waals surface area contributed by atoms with E-state index >= 15 is 0 Å². The van der Waals surface area contributed by atoms with Gasteiger partial charge in [-0.15, -0.1) is 11.8 Å². The van der Waals surface area contributed by atoms with Crippen molar-refractivity contribution in [2.75, 3.05) is 17.6 Å². The highest BCUT2D eigenvalue weighted by atomic mass is 32.2. The topological polar surface area (TPSA) is 92.7 Å². The van der Waals surface area contributed by atoms with Gasteiger partial charge in [-0.25, -0.2) is 13.2 Å². The third kappa shape index (κ3) is 4.67. The van der Waals surface area contributed by atoms with Crippen molar-refractivity contribution in [3.05, 3.63) is 47.5 Å². The van der Waals surface area contributed by atoms with Crippen LogP contribution in [0.3, 0.4) is 0 Å². The summed E-state index contributed by atoms with van der Waals surface area (Å²) >= 11 is 1.51. The molecular weight excluding hydrogens is 362 g/mol. The number of aliphatic carboxylic acids is 1. The lowest BCUT2D eigenvalue weighted by atomic mass is 10.1. The molecule has 2 aromatic carbocycles. The van der Waals surface area contributed by atoms with Crippen molar-refractivity contribution in [2.45, 2.75) is 23.6 Å². The van der Waals surface area contributed by atoms with E-state index in [1.54, 1.807) is 38.1 Å². The van der Waals surface area contributed by atoms with Crippen LogP contribution in [0, 0.1) is 13.8 Å². The number of carboxylic acids is 1. The SMILES string of the molecule is CSc1cccc(NS(=O)(=O)c2ccc(C)c(OCC(=O)O)c2C)c1. The fourth-order valence-electron chi connectivity index (χ4n) is 2.35. The number of rotatable bonds is 7. The molecule has 0 aliphatic carbocycles. The van der Waals surface area contributed by atoms with Crippen LogP contribution in [0.2, 0.25) is 0 Å². The normalized spacial score (nSPS) is 11.2. The van der Waals surface area contributed by atoms with Crippen molar-refractivity contribution in [1.82, 2.24) is 0 Å². The highest BCUT2D eigenvalue weighted by Gasteiger charge is 2.21. The largest absolute Gasteiger partial charge is 0.481 e. The molecule has 2 aromatic rings. The molecule has 0 aromatic heterocycles. The van der Waals surface area contributed by atoms with Crippen molar-refractivity contribution in [3.63, 3.8) is 0 Å². The number of thioether (sulfide) groups is 1. The van der Waals surface area contributed by atoms with Gasteiger partial charge in [0.15, 0.2) is 6.61 Å². The van der Waals surface area contributed by atoms with Crippen LogP contribution in [-0.4, -0.2) is 32.4 Å². The second-order valence-electron chi connectivity index (χ2n) is 5.35. The predicted molar refractivity (Wildman–Crippen MR) is 98.1 cm³/mol. The molecule has 0 spiro atoms. The lowest BCUT2D eigenvalue weighted by Gasteiger charge is -2.16. The third-order valence-corrected chi connectivity index (χ3v) is 5.76. The van der Waals surface area contributed by atoms with E-state index in [9.17, 15) is 13.2 Å². The average Bonchev–Trinajstić information content (AvgIpc) is 2.53. The van der Waals surface area contributed by atoms with E-state index < -0.39 is 22.6 Å². The van der Waals surface area contributed by atoms with E-state index in [4.69, 9.17) is 9.84 Å². The zero-order chi connectivity index (χ0) is 18.6. The second-order valence-corrected chi connectivity index (χ2v) is 7.89. The number of anilines is 1. The molecular formula is C17H19NO5S2.